The quantitative estimate of drug-likeness (QED) is 0.335. The zero-order valence-electron chi connectivity index (χ0n) is 12.2. The molecule has 0 spiro atoms. The molecule has 4 N–H and O–H groups in total. The summed E-state index contributed by atoms with van der Waals surface area (Å²) in [4.78, 5) is 0. The van der Waals surface area contributed by atoms with Gasteiger partial charge in [0.2, 0.25) is 0 Å². The Labute approximate surface area is 121 Å². The highest BCUT2D eigenvalue weighted by Gasteiger charge is 2.19. The van der Waals surface area contributed by atoms with E-state index in [1.807, 2.05) is 24.3 Å². The number of oxime groups is 1. The molecule has 0 saturated heterocycles. The lowest BCUT2D eigenvalue weighted by Gasteiger charge is -2.28. The Balaban J connectivity index is 1.96. The van der Waals surface area contributed by atoms with Crippen LogP contribution in [0.2, 0.25) is 0 Å². The third-order valence-corrected chi connectivity index (χ3v) is 4.37. The van der Waals surface area contributed by atoms with Crippen LogP contribution in [0.1, 0.15) is 50.2 Å². The molecule has 1 atom stereocenters. The van der Waals surface area contributed by atoms with Crippen LogP contribution >= 0.6 is 0 Å². The summed E-state index contributed by atoms with van der Waals surface area (Å²) in [7, 11) is 0. The zero-order valence-corrected chi connectivity index (χ0v) is 12.2. The second kappa shape index (κ2) is 7.29. The number of amidine groups is 1. The molecule has 1 aliphatic rings. The van der Waals surface area contributed by atoms with E-state index in [2.05, 4.69) is 17.4 Å². The van der Waals surface area contributed by atoms with Gasteiger partial charge in [-0.15, -0.1) is 0 Å². The topological polar surface area (TPSA) is 70.6 Å². The molecule has 4 heteroatoms. The summed E-state index contributed by atoms with van der Waals surface area (Å²) < 4.78 is 0. The molecule has 0 amide bonds. The molecule has 1 aromatic rings. The van der Waals surface area contributed by atoms with Gasteiger partial charge in [-0.05, 0) is 31.2 Å². The van der Waals surface area contributed by atoms with Gasteiger partial charge < -0.3 is 16.3 Å². The van der Waals surface area contributed by atoms with E-state index in [0.29, 0.717) is 6.04 Å². The van der Waals surface area contributed by atoms with Gasteiger partial charge in [0, 0.05) is 18.2 Å². The summed E-state index contributed by atoms with van der Waals surface area (Å²) in [6, 6.07) is 8.30. The zero-order chi connectivity index (χ0) is 14.4. The highest BCUT2D eigenvalue weighted by Crippen LogP contribution is 2.26. The van der Waals surface area contributed by atoms with Crippen LogP contribution in [0.5, 0.6) is 0 Å². The SMILES string of the molecule is CC(NCc1ccccc1C(N)=NO)C1CCCCC1. The van der Waals surface area contributed by atoms with Crippen LogP contribution in [0.25, 0.3) is 0 Å². The minimum atomic E-state index is 0.174. The summed E-state index contributed by atoms with van der Waals surface area (Å²) >= 11 is 0. The van der Waals surface area contributed by atoms with Gasteiger partial charge in [-0.1, -0.05) is 48.7 Å². The fraction of sp³-hybridized carbons (Fsp3) is 0.562. The van der Waals surface area contributed by atoms with E-state index >= 15 is 0 Å². The normalized spacial score (nSPS) is 18.9. The minimum Gasteiger partial charge on any atom is -0.409 e. The van der Waals surface area contributed by atoms with Crippen molar-refractivity contribution in [2.24, 2.45) is 16.8 Å². The second-order valence-corrected chi connectivity index (χ2v) is 5.71. The Bertz CT molecular complexity index is 453. The molecule has 0 bridgehead atoms. The molecule has 2 rings (SSSR count). The summed E-state index contributed by atoms with van der Waals surface area (Å²) in [5, 5.41) is 15.5. The number of nitrogens with zero attached hydrogens (tertiary/aromatic N) is 1. The lowest BCUT2D eigenvalue weighted by atomic mass is 9.84. The van der Waals surface area contributed by atoms with Gasteiger partial charge in [-0.2, -0.15) is 0 Å². The molecular formula is C16H25N3O. The van der Waals surface area contributed by atoms with Crippen molar-refractivity contribution in [2.75, 3.05) is 0 Å². The number of benzene rings is 1. The largest absolute Gasteiger partial charge is 0.409 e. The predicted molar refractivity (Wildman–Crippen MR) is 81.8 cm³/mol. The third kappa shape index (κ3) is 3.73. The van der Waals surface area contributed by atoms with E-state index in [-0.39, 0.29) is 5.84 Å². The standard InChI is InChI=1S/C16H25N3O/c1-12(13-7-3-2-4-8-13)18-11-14-9-5-6-10-15(14)16(17)19-20/h5-6,9-10,12-13,18,20H,2-4,7-8,11H2,1H3,(H2,17,19). The van der Waals surface area contributed by atoms with Gasteiger partial charge in [0.25, 0.3) is 0 Å². The smallest absolute Gasteiger partial charge is 0.170 e. The van der Waals surface area contributed by atoms with Gasteiger partial charge >= 0.3 is 0 Å². The fourth-order valence-corrected chi connectivity index (χ4v) is 3.05. The maximum Gasteiger partial charge on any atom is 0.170 e. The Kier molecular flexibility index (Phi) is 5.41. The number of nitrogens with one attached hydrogen (secondary N) is 1. The van der Waals surface area contributed by atoms with Gasteiger partial charge in [0.1, 0.15) is 0 Å². The van der Waals surface area contributed by atoms with Crippen LogP contribution in [-0.2, 0) is 6.54 Å². The van der Waals surface area contributed by atoms with E-state index in [4.69, 9.17) is 10.9 Å². The highest BCUT2D eigenvalue weighted by molar-refractivity contribution is 5.98. The molecule has 1 unspecified atom stereocenters. The lowest BCUT2D eigenvalue weighted by Crippen LogP contribution is -2.34. The fourth-order valence-electron chi connectivity index (χ4n) is 3.05. The van der Waals surface area contributed by atoms with Crippen LogP contribution in [0.4, 0.5) is 0 Å². The van der Waals surface area contributed by atoms with Gasteiger partial charge in [-0.3, -0.25) is 0 Å². The first kappa shape index (κ1) is 14.9. The van der Waals surface area contributed by atoms with Gasteiger partial charge in [0.15, 0.2) is 5.84 Å². The van der Waals surface area contributed by atoms with Crippen molar-refractivity contribution in [3.63, 3.8) is 0 Å². The summed E-state index contributed by atoms with van der Waals surface area (Å²) in [6.45, 7) is 3.02. The Morgan fingerprint density at radius 3 is 2.75 bits per heavy atom. The number of hydrogen-bond acceptors (Lipinski definition) is 3. The van der Waals surface area contributed by atoms with E-state index in [9.17, 15) is 0 Å². The van der Waals surface area contributed by atoms with Crippen LogP contribution < -0.4 is 11.1 Å². The summed E-state index contributed by atoms with van der Waals surface area (Å²) in [5.41, 5.74) is 7.60. The minimum absolute atomic E-state index is 0.174. The molecule has 4 nitrogen and oxygen atoms in total. The molecular weight excluding hydrogens is 250 g/mol. The summed E-state index contributed by atoms with van der Waals surface area (Å²) in [5.74, 6) is 0.951. The Morgan fingerprint density at radius 2 is 2.05 bits per heavy atom. The molecule has 0 aliphatic heterocycles. The van der Waals surface area contributed by atoms with E-state index in [1.165, 1.54) is 32.1 Å². The van der Waals surface area contributed by atoms with Crippen LogP contribution in [0, 0.1) is 5.92 Å². The van der Waals surface area contributed by atoms with Crippen molar-refractivity contribution in [2.45, 2.75) is 51.6 Å². The number of rotatable bonds is 5. The van der Waals surface area contributed by atoms with Crippen molar-refractivity contribution in [3.05, 3.63) is 35.4 Å². The second-order valence-electron chi connectivity index (χ2n) is 5.71. The number of nitrogens with two attached hydrogens (primary N) is 1. The molecule has 0 radical (unpaired) electrons. The molecule has 1 fully saturated rings. The third-order valence-electron chi connectivity index (χ3n) is 4.37. The average molecular weight is 275 g/mol. The monoisotopic (exact) mass is 275 g/mol. The van der Waals surface area contributed by atoms with Crippen molar-refractivity contribution < 1.29 is 5.21 Å². The van der Waals surface area contributed by atoms with Crippen LogP contribution in [0.15, 0.2) is 29.4 Å². The first-order valence-corrected chi connectivity index (χ1v) is 7.51. The first-order chi connectivity index (χ1) is 9.72. The van der Waals surface area contributed by atoms with Gasteiger partial charge in [0.05, 0.1) is 0 Å². The first-order valence-electron chi connectivity index (χ1n) is 7.51. The molecule has 1 aliphatic carbocycles. The van der Waals surface area contributed by atoms with Gasteiger partial charge in [-0.25, -0.2) is 0 Å². The van der Waals surface area contributed by atoms with Crippen molar-refractivity contribution in [1.82, 2.24) is 5.32 Å². The lowest BCUT2D eigenvalue weighted by molar-refractivity contribution is 0.280. The average Bonchev–Trinajstić information content (AvgIpc) is 2.53. The maximum atomic E-state index is 8.84. The summed E-state index contributed by atoms with van der Waals surface area (Å²) in [6.07, 6.45) is 6.76. The van der Waals surface area contributed by atoms with Crippen molar-refractivity contribution in [3.8, 4) is 0 Å². The van der Waals surface area contributed by atoms with Crippen molar-refractivity contribution in [1.29, 1.82) is 0 Å². The van der Waals surface area contributed by atoms with Crippen LogP contribution in [-0.4, -0.2) is 17.1 Å². The van der Waals surface area contributed by atoms with E-state index in [0.717, 1.165) is 23.6 Å². The maximum absolute atomic E-state index is 8.84. The Morgan fingerprint density at radius 1 is 1.35 bits per heavy atom. The van der Waals surface area contributed by atoms with E-state index < -0.39 is 0 Å². The molecule has 0 heterocycles. The molecule has 110 valence electrons. The molecule has 1 aromatic carbocycles. The molecule has 1 saturated carbocycles. The van der Waals surface area contributed by atoms with Crippen LogP contribution in [0.3, 0.4) is 0 Å². The van der Waals surface area contributed by atoms with E-state index in [1.54, 1.807) is 0 Å². The van der Waals surface area contributed by atoms with Crippen molar-refractivity contribution >= 4 is 5.84 Å². The highest BCUT2D eigenvalue weighted by atomic mass is 16.4. The molecule has 0 aromatic heterocycles. The Hall–Kier alpha value is -1.55. The predicted octanol–water partition coefficient (Wildman–Crippen LogP) is 2.84. The number of hydrogen-bond donors (Lipinski definition) is 3. The molecule has 20 heavy (non-hydrogen) atoms.